The predicted octanol–water partition coefficient (Wildman–Crippen LogP) is 4.10. The van der Waals surface area contributed by atoms with Crippen LogP contribution in [0.4, 0.5) is 0 Å². The van der Waals surface area contributed by atoms with E-state index in [-0.39, 0.29) is 18.8 Å². The normalized spacial score (nSPS) is 15.2. The second kappa shape index (κ2) is 8.92. The summed E-state index contributed by atoms with van der Waals surface area (Å²) in [7, 11) is 0. The van der Waals surface area contributed by atoms with Gasteiger partial charge in [0.25, 0.3) is 0 Å². The molecule has 1 aromatic heterocycles. The van der Waals surface area contributed by atoms with Crippen LogP contribution >= 0.6 is 11.5 Å². The van der Waals surface area contributed by atoms with Crippen molar-refractivity contribution >= 4 is 11.5 Å². The zero-order valence-corrected chi connectivity index (χ0v) is 17.9. The summed E-state index contributed by atoms with van der Waals surface area (Å²) < 4.78 is 10.3. The smallest absolute Gasteiger partial charge is 0.173 e. The summed E-state index contributed by atoms with van der Waals surface area (Å²) in [5, 5.41) is 22.8. The van der Waals surface area contributed by atoms with Gasteiger partial charge in [0.05, 0.1) is 18.3 Å². The van der Waals surface area contributed by atoms with Gasteiger partial charge in [-0.15, -0.1) is 0 Å². The van der Waals surface area contributed by atoms with Gasteiger partial charge in [0.2, 0.25) is 0 Å². The Morgan fingerprint density at radius 1 is 1.33 bits per heavy atom. The Balaban J connectivity index is 1.63. The number of benzene rings is 2. The lowest BCUT2D eigenvalue weighted by molar-refractivity contribution is 0.242. The van der Waals surface area contributed by atoms with E-state index in [1.807, 2.05) is 38.1 Å². The molecule has 154 valence electrons. The second-order valence-corrected chi connectivity index (χ2v) is 8.31. The number of rotatable bonds is 7. The molecule has 1 aliphatic carbocycles. The van der Waals surface area contributed by atoms with Gasteiger partial charge in [-0.2, -0.15) is 9.64 Å². The maximum atomic E-state index is 9.49. The van der Waals surface area contributed by atoms with E-state index in [0.717, 1.165) is 34.8 Å². The van der Waals surface area contributed by atoms with E-state index in [2.05, 4.69) is 27.9 Å². The third kappa shape index (κ3) is 4.08. The molecule has 0 saturated carbocycles. The molecule has 0 bridgehead atoms. The number of fused-ring (bicyclic) bond motifs is 1. The number of aromatic nitrogens is 2. The molecule has 3 aromatic rings. The molecule has 1 unspecified atom stereocenters. The minimum Gasteiger partial charge on any atom is -0.490 e. The Hall–Kier alpha value is -2.79. The van der Waals surface area contributed by atoms with Crippen LogP contribution < -0.4 is 10.1 Å². The van der Waals surface area contributed by atoms with Gasteiger partial charge in [-0.05, 0) is 67.5 Å². The number of hydrogen-bond donors (Lipinski definition) is 2. The summed E-state index contributed by atoms with van der Waals surface area (Å²) in [5.41, 5.74) is 4.95. The van der Waals surface area contributed by atoms with Gasteiger partial charge in [-0.1, -0.05) is 18.2 Å². The molecule has 4 rings (SSSR count). The monoisotopic (exact) mass is 420 g/mol. The summed E-state index contributed by atoms with van der Waals surface area (Å²) in [6.07, 6.45) is 1.97. The van der Waals surface area contributed by atoms with Crippen LogP contribution in [0.15, 0.2) is 36.4 Å². The highest BCUT2D eigenvalue weighted by atomic mass is 32.1. The number of nitrogens with one attached hydrogen (secondary N) is 1. The average Bonchev–Trinajstić information content (AvgIpc) is 3.39. The van der Waals surface area contributed by atoms with Crippen molar-refractivity contribution in [1.82, 2.24) is 14.7 Å². The van der Waals surface area contributed by atoms with Crippen LogP contribution in [0.25, 0.3) is 22.0 Å². The molecule has 0 saturated heterocycles. The maximum Gasteiger partial charge on any atom is 0.173 e. The lowest BCUT2D eigenvalue weighted by Gasteiger charge is -2.13. The zero-order valence-electron chi connectivity index (χ0n) is 17.1. The summed E-state index contributed by atoms with van der Waals surface area (Å²) in [6.45, 7) is 4.60. The molecule has 0 amide bonds. The molecule has 0 fully saturated rings. The lowest BCUT2D eigenvalue weighted by atomic mass is 10.0. The summed E-state index contributed by atoms with van der Waals surface area (Å²) >= 11 is 1.34. The van der Waals surface area contributed by atoms with Crippen molar-refractivity contribution in [1.29, 1.82) is 5.26 Å². The number of nitrogens with zero attached hydrogens (tertiary/aromatic N) is 3. The van der Waals surface area contributed by atoms with Crippen molar-refractivity contribution in [3.8, 4) is 33.8 Å². The number of ether oxygens (including phenoxy) is 1. The van der Waals surface area contributed by atoms with E-state index in [1.54, 1.807) is 0 Å². The highest BCUT2D eigenvalue weighted by molar-refractivity contribution is 7.09. The van der Waals surface area contributed by atoms with Crippen LogP contribution in [0.5, 0.6) is 5.75 Å². The molecule has 30 heavy (non-hydrogen) atoms. The third-order valence-electron chi connectivity index (χ3n) is 5.15. The van der Waals surface area contributed by atoms with Gasteiger partial charge < -0.3 is 15.2 Å². The van der Waals surface area contributed by atoms with Crippen LogP contribution in [0.2, 0.25) is 0 Å². The molecule has 0 aliphatic heterocycles. The highest BCUT2D eigenvalue weighted by Crippen LogP contribution is 2.38. The van der Waals surface area contributed by atoms with Crippen LogP contribution in [-0.2, 0) is 6.42 Å². The number of aliphatic hydroxyl groups is 1. The number of nitriles is 1. The predicted molar refractivity (Wildman–Crippen MR) is 117 cm³/mol. The van der Waals surface area contributed by atoms with Crippen molar-refractivity contribution in [2.24, 2.45) is 0 Å². The minimum absolute atomic E-state index is 0.00644. The Labute approximate surface area is 180 Å². The lowest BCUT2D eigenvalue weighted by Crippen LogP contribution is -2.22. The molecule has 1 atom stereocenters. The van der Waals surface area contributed by atoms with E-state index in [1.165, 1.54) is 22.7 Å². The van der Waals surface area contributed by atoms with Crippen molar-refractivity contribution < 1.29 is 9.84 Å². The van der Waals surface area contributed by atoms with Crippen LogP contribution in [-0.4, -0.2) is 33.7 Å². The fourth-order valence-corrected chi connectivity index (χ4v) is 4.54. The standard InChI is InChI=1S/C23H24N4O2S/c1-14(2)29-21-9-6-15(12-16(21)13-24)23-26-22(27-30-23)19-5-3-4-18-17(19)7-8-20(18)25-10-11-28/h3-6,9,12,14,20,25,28H,7-8,10-11H2,1-2H3. The first kappa shape index (κ1) is 20.5. The van der Waals surface area contributed by atoms with Gasteiger partial charge >= 0.3 is 0 Å². The average molecular weight is 421 g/mol. The first-order chi connectivity index (χ1) is 14.6. The molecular formula is C23H24N4O2S. The Morgan fingerprint density at radius 2 is 2.20 bits per heavy atom. The van der Waals surface area contributed by atoms with Crippen molar-refractivity contribution in [3.05, 3.63) is 53.1 Å². The molecule has 2 N–H and O–H groups in total. The molecule has 1 heterocycles. The SMILES string of the molecule is CC(C)Oc1ccc(-c2nc(-c3cccc4c3CCC4NCCO)ns2)cc1C#N. The fourth-order valence-electron chi connectivity index (χ4n) is 3.87. The van der Waals surface area contributed by atoms with E-state index < -0.39 is 0 Å². The molecule has 0 radical (unpaired) electrons. The largest absolute Gasteiger partial charge is 0.490 e. The van der Waals surface area contributed by atoms with Crippen LogP contribution in [0.1, 0.15) is 43.0 Å². The van der Waals surface area contributed by atoms with Crippen molar-refractivity contribution in [2.75, 3.05) is 13.2 Å². The summed E-state index contributed by atoms with van der Waals surface area (Å²) in [5.74, 6) is 1.30. The van der Waals surface area contributed by atoms with E-state index in [9.17, 15) is 5.26 Å². The molecule has 0 spiro atoms. The van der Waals surface area contributed by atoms with E-state index in [0.29, 0.717) is 17.9 Å². The topological polar surface area (TPSA) is 91.1 Å². The van der Waals surface area contributed by atoms with Gasteiger partial charge in [0.15, 0.2) is 5.82 Å². The van der Waals surface area contributed by atoms with E-state index in [4.69, 9.17) is 14.8 Å². The van der Waals surface area contributed by atoms with E-state index >= 15 is 0 Å². The second-order valence-electron chi connectivity index (χ2n) is 7.55. The number of aliphatic hydroxyl groups excluding tert-OH is 1. The molecule has 1 aliphatic rings. The Kier molecular flexibility index (Phi) is 6.09. The quantitative estimate of drug-likeness (QED) is 0.598. The molecule has 6 nitrogen and oxygen atoms in total. The van der Waals surface area contributed by atoms with Crippen molar-refractivity contribution in [3.63, 3.8) is 0 Å². The Morgan fingerprint density at radius 3 is 2.97 bits per heavy atom. The molecule has 2 aromatic carbocycles. The summed E-state index contributed by atoms with van der Waals surface area (Å²) in [4.78, 5) is 4.78. The van der Waals surface area contributed by atoms with Gasteiger partial charge in [0, 0.05) is 23.7 Å². The van der Waals surface area contributed by atoms with Crippen LogP contribution in [0.3, 0.4) is 0 Å². The highest BCUT2D eigenvalue weighted by Gasteiger charge is 2.25. The zero-order chi connectivity index (χ0) is 21.1. The third-order valence-corrected chi connectivity index (χ3v) is 5.91. The number of hydrogen-bond acceptors (Lipinski definition) is 7. The van der Waals surface area contributed by atoms with Crippen LogP contribution in [0, 0.1) is 11.3 Å². The van der Waals surface area contributed by atoms with Gasteiger partial charge in [0.1, 0.15) is 16.8 Å². The van der Waals surface area contributed by atoms with Gasteiger partial charge in [-0.25, -0.2) is 4.98 Å². The summed E-state index contributed by atoms with van der Waals surface area (Å²) in [6, 6.07) is 14.3. The van der Waals surface area contributed by atoms with Crippen molar-refractivity contribution in [2.45, 2.75) is 38.8 Å². The maximum absolute atomic E-state index is 9.49. The Bertz CT molecular complexity index is 1090. The fraction of sp³-hybridized carbons (Fsp3) is 0.348. The molecular weight excluding hydrogens is 396 g/mol. The first-order valence-corrected chi connectivity index (χ1v) is 10.9. The first-order valence-electron chi connectivity index (χ1n) is 10.1. The minimum atomic E-state index is 0.00644. The van der Waals surface area contributed by atoms with Gasteiger partial charge in [-0.3, -0.25) is 0 Å². The molecule has 7 heteroatoms.